The first kappa shape index (κ1) is 23.1. The lowest BCUT2D eigenvalue weighted by Gasteiger charge is -2.16. The Labute approximate surface area is 201 Å². The molecule has 0 aliphatic carbocycles. The summed E-state index contributed by atoms with van der Waals surface area (Å²) in [4.78, 5) is 40.9. The van der Waals surface area contributed by atoms with Gasteiger partial charge in [0.2, 0.25) is 11.9 Å². The molecule has 0 bridgehead atoms. The zero-order valence-corrected chi connectivity index (χ0v) is 19.1. The maximum atomic E-state index is 13.2. The first-order chi connectivity index (χ1) is 16.4. The van der Waals surface area contributed by atoms with Crippen LogP contribution in [0.1, 0.15) is 12.0 Å². The molecule has 1 amide bonds. The highest BCUT2D eigenvalue weighted by Gasteiger charge is 2.15. The quantitative estimate of drug-likeness (QED) is 0.356. The van der Waals surface area contributed by atoms with Crippen LogP contribution in [0.3, 0.4) is 0 Å². The lowest BCUT2D eigenvalue weighted by molar-refractivity contribution is -0.118. The van der Waals surface area contributed by atoms with Gasteiger partial charge >= 0.3 is 11.4 Å². The van der Waals surface area contributed by atoms with Gasteiger partial charge in [0.15, 0.2) is 0 Å². The minimum absolute atomic E-state index is 0.0395. The molecule has 4 rings (SSSR count). The number of benzene rings is 2. The van der Waals surface area contributed by atoms with E-state index in [-0.39, 0.29) is 25.5 Å². The first-order valence-electron chi connectivity index (χ1n) is 9.96. The molecule has 0 aliphatic rings. The summed E-state index contributed by atoms with van der Waals surface area (Å²) in [6, 6.07) is 13.7. The summed E-state index contributed by atoms with van der Waals surface area (Å²) in [6.07, 6.45) is 1.34. The molecular weight excluding hydrogens is 482 g/mol. The van der Waals surface area contributed by atoms with Crippen molar-refractivity contribution in [2.45, 2.75) is 19.5 Å². The summed E-state index contributed by atoms with van der Waals surface area (Å²) in [5, 5.41) is 3.55. The molecule has 2 aromatic heterocycles. The second-order valence-corrected chi connectivity index (χ2v) is 8.07. The number of carbonyl (C=O) groups is 1. The topological polar surface area (TPSA) is 147 Å². The monoisotopic (exact) mass is 499 g/mol. The Balaban J connectivity index is 1.65. The lowest BCUT2D eigenvalue weighted by atomic mass is 10.2. The Morgan fingerprint density at radius 2 is 1.82 bits per heavy atom. The van der Waals surface area contributed by atoms with Crippen LogP contribution in [0.2, 0.25) is 5.02 Å². The van der Waals surface area contributed by atoms with Gasteiger partial charge in [-0.3, -0.25) is 9.36 Å². The number of hydrogen-bond donors (Lipinski definition) is 2. The first-order valence-corrected chi connectivity index (χ1v) is 11.1. The van der Waals surface area contributed by atoms with E-state index < -0.39 is 17.3 Å². The van der Waals surface area contributed by atoms with Crippen LogP contribution in [0, 0.1) is 0 Å². The second-order valence-electron chi connectivity index (χ2n) is 7.08. The van der Waals surface area contributed by atoms with Gasteiger partial charge in [-0.05, 0) is 42.0 Å². The van der Waals surface area contributed by atoms with E-state index in [1.54, 1.807) is 48.5 Å². The molecule has 0 atom stereocenters. The van der Waals surface area contributed by atoms with E-state index >= 15 is 0 Å². The zero-order valence-electron chi connectivity index (χ0n) is 17.6. The number of amides is 1. The van der Waals surface area contributed by atoms with Gasteiger partial charge < -0.3 is 15.8 Å². The van der Waals surface area contributed by atoms with Crippen LogP contribution in [0.25, 0.3) is 0 Å². The largest absolute Gasteiger partial charge is 0.437 e. The molecule has 0 radical (unpaired) electrons. The number of nitrogens with two attached hydrogens (primary N) is 1. The van der Waals surface area contributed by atoms with Crippen LogP contribution in [-0.2, 0) is 17.9 Å². The van der Waals surface area contributed by atoms with Crippen molar-refractivity contribution in [1.82, 2.24) is 22.9 Å². The Hall–Kier alpha value is -4.03. The van der Waals surface area contributed by atoms with Crippen molar-refractivity contribution in [3.8, 4) is 11.6 Å². The highest BCUT2D eigenvalue weighted by Crippen LogP contribution is 2.23. The molecule has 0 saturated carbocycles. The summed E-state index contributed by atoms with van der Waals surface area (Å²) in [7, 11) is 0. The number of nitrogens with one attached hydrogen (secondary N) is 1. The van der Waals surface area contributed by atoms with E-state index in [1.165, 1.54) is 10.8 Å². The number of halogens is 1. The average Bonchev–Trinajstić information content (AvgIpc) is 3.32. The standard InChI is InChI=1S/C21H18ClN7O4S/c22-14-3-1-13(2-4-14)12-29-19(26-20(31)28(21(29)32)10-9-17(23)30)25-15-5-7-16(8-6-15)33-18-11-24-34-27-18/h1-8,11H,9-10,12H2,(H2,23,30)(H,25,26,31). The van der Waals surface area contributed by atoms with Gasteiger partial charge in [0.25, 0.3) is 5.88 Å². The maximum absolute atomic E-state index is 13.2. The minimum atomic E-state index is -0.794. The smallest absolute Gasteiger partial charge is 0.354 e. The highest BCUT2D eigenvalue weighted by molar-refractivity contribution is 6.99. The van der Waals surface area contributed by atoms with Gasteiger partial charge in [-0.2, -0.15) is 9.36 Å². The van der Waals surface area contributed by atoms with Crippen molar-refractivity contribution in [1.29, 1.82) is 0 Å². The Bertz CT molecular complexity index is 1400. The van der Waals surface area contributed by atoms with E-state index in [4.69, 9.17) is 22.1 Å². The van der Waals surface area contributed by atoms with Gasteiger partial charge in [-0.15, -0.1) is 4.37 Å². The fourth-order valence-electron chi connectivity index (χ4n) is 3.01. The number of carbonyl (C=O) groups excluding carboxylic acids is 1. The van der Waals surface area contributed by atoms with Crippen LogP contribution >= 0.6 is 23.3 Å². The van der Waals surface area contributed by atoms with Crippen molar-refractivity contribution in [2.24, 2.45) is 5.73 Å². The van der Waals surface area contributed by atoms with Gasteiger partial charge in [0, 0.05) is 23.7 Å². The molecular formula is C21H18ClN7O4S. The molecule has 3 N–H and O–H groups in total. The number of nitrogens with zero attached hydrogens (tertiary/aromatic N) is 5. The van der Waals surface area contributed by atoms with Gasteiger partial charge in [-0.1, -0.05) is 23.7 Å². The average molecular weight is 500 g/mol. The molecule has 0 saturated heterocycles. The number of ether oxygens (including phenoxy) is 1. The molecule has 0 aliphatic heterocycles. The number of rotatable bonds is 9. The molecule has 11 nitrogen and oxygen atoms in total. The molecule has 2 aromatic carbocycles. The number of anilines is 2. The summed E-state index contributed by atoms with van der Waals surface area (Å²) < 4.78 is 15.6. The Morgan fingerprint density at radius 1 is 1.09 bits per heavy atom. The third-order valence-electron chi connectivity index (χ3n) is 4.66. The number of aromatic nitrogens is 5. The molecule has 2 heterocycles. The van der Waals surface area contributed by atoms with Crippen LogP contribution < -0.4 is 27.2 Å². The van der Waals surface area contributed by atoms with Crippen molar-refractivity contribution >= 4 is 40.9 Å². The highest BCUT2D eigenvalue weighted by atomic mass is 35.5. The van der Waals surface area contributed by atoms with Crippen molar-refractivity contribution in [2.75, 3.05) is 5.32 Å². The summed E-state index contributed by atoms with van der Waals surface area (Å²) in [5.74, 6) is 0.321. The fourth-order valence-corrected chi connectivity index (χ4v) is 3.49. The molecule has 13 heteroatoms. The van der Waals surface area contributed by atoms with Crippen molar-refractivity contribution in [3.05, 3.63) is 86.3 Å². The minimum Gasteiger partial charge on any atom is -0.437 e. The third kappa shape index (κ3) is 5.66. The summed E-state index contributed by atoms with van der Waals surface area (Å²) >= 11 is 6.99. The third-order valence-corrected chi connectivity index (χ3v) is 5.37. The SMILES string of the molecule is NC(=O)CCn1c(=O)nc(Nc2ccc(Oc3cnsn3)cc2)n(Cc2ccc(Cl)cc2)c1=O. The van der Waals surface area contributed by atoms with E-state index in [0.29, 0.717) is 22.3 Å². The molecule has 4 aromatic rings. The Morgan fingerprint density at radius 3 is 2.47 bits per heavy atom. The maximum Gasteiger partial charge on any atom is 0.354 e. The molecule has 34 heavy (non-hydrogen) atoms. The summed E-state index contributed by atoms with van der Waals surface area (Å²) in [6.45, 7) is -0.0569. The van der Waals surface area contributed by atoms with E-state index in [9.17, 15) is 14.4 Å². The fraction of sp³-hybridized carbons (Fsp3) is 0.143. The van der Waals surface area contributed by atoms with E-state index in [0.717, 1.165) is 21.9 Å². The van der Waals surface area contributed by atoms with Gasteiger partial charge in [0.05, 0.1) is 18.3 Å². The zero-order chi connectivity index (χ0) is 24.1. The lowest BCUT2D eigenvalue weighted by Crippen LogP contribution is -2.43. The van der Waals surface area contributed by atoms with Crippen molar-refractivity contribution < 1.29 is 9.53 Å². The number of primary amides is 1. The van der Waals surface area contributed by atoms with E-state index in [1.807, 2.05) is 0 Å². The van der Waals surface area contributed by atoms with Crippen LogP contribution in [0.4, 0.5) is 11.6 Å². The Kier molecular flexibility index (Phi) is 6.99. The van der Waals surface area contributed by atoms with Crippen LogP contribution in [0.15, 0.2) is 64.3 Å². The molecule has 174 valence electrons. The molecule has 0 fully saturated rings. The number of hydrogen-bond acceptors (Lipinski definition) is 9. The van der Waals surface area contributed by atoms with Gasteiger partial charge in [-0.25, -0.2) is 14.2 Å². The predicted molar refractivity (Wildman–Crippen MR) is 127 cm³/mol. The molecule has 0 unspecified atom stereocenters. The van der Waals surface area contributed by atoms with Crippen LogP contribution in [0.5, 0.6) is 11.6 Å². The van der Waals surface area contributed by atoms with Crippen LogP contribution in [-0.4, -0.2) is 28.8 Å². The molecule has 0 spiro atoms. The normalized spacial score (nSPS) is 10.7. The predicted octanol–water partition coefficient (Wildman–Crippen LogP) is 2.37. The second kappa shape index (κ2) is 10.3. The van der Waals surface area contributed by atoms with Gasteiger partial charge in [0.1, 0.15) is 11.9 Å². The van der Waals surface area contributed by atoms with Crippen molar-refractivity contribution in [3.63, 3.8) is 0 Å². The van der Waals surface area contributed by atoms with E-state index in [2.05, 4.69) is 19.0 Å². The summed E-state index contributed by atoms with van der Waals surface area (Å²) in [5.41, 5.74) is 5.08.